The number of ether oxygens (including phenoxy) is 2. The lowest BCUT2D eigenvalue weighted by molar-refractivity contribution is 0.0691. The van der Waals surface area contributed by atoms with E-state index in [0.29, 0.717) is 18.9 Å². The van der Waals surface area contributed by atoms with Gasteiger partial charge in [0, 0.05) is 37.6 Å². The van der Waals surface area contributed by atoms with Crippen molar-refractivity contribution in [3.8, 4) is 16.8 Å². The number of benzene rings is 2. The van der Waals surface area contributed by atoms with Gasteiger partial charge in [0.1, 0.15) is 0 Å². The van der Waals surface area contributed by atoms with Crippen LogP contribution in [-0.4, -0.2) is 78.4 Å². The van der Waals surface area contributed by atoms with Crippen LogP contribution in [0.5, 0.6) is 0 Å². The van der Waals surface area contributed by atoms with E-state index < -0.39 is 5.97 Å². The summed E-state index contributed by atoms with van der Waals surface area (Å²) in [5.41, 5.74) is 6.10. The highest BCUT2D eigenvalue weighted by molar-refractivity contribution is 6.00. The molecule has 0 saturated carbocycles. The largest absolute Gasteiger partial charge is 0.477 e. The van der Waals surface area contributed by atoms with Crippen LogP contribution in [0.1, 0.15) is 16.2 Å². The zero-order chi connectivity index (χ0) is 25.4. The van der Waals surface area contributed by atoms with E-state index in [1.165, 1.54) is 0 Å². The van der Waals surface area contributed by atoms with Crippen LogP contribution >= 0.6 is 0 Å². The fourth-order valence-corrected chi connectivity index (χ4v) is 5.12. The van der Waals surface area contributed by atoms with Gasteiger partial charge < -0.3 is 24.4 Å². The standard InChI is InChI=1S/C28H29N5O4/c1-19-26-24(20-5-7-21(8-6-20)31-9-13-36-14-10-31)18-25(28(34)35)29-27(26)33(30-19)23-4-2-3-22(17-23)32-11-15-37-16-12-32/h2-8,17-18H,9-16H2,1H3,(H,34,35). The predicted octanol–water partition coefficient (Wildman–Crippen LogP) is 3.77. The van der Waals surface area contributed by atoms with E-state index in [1.54, 1.807) is 10.7 Å². The van der Waals surface area contributed by atoms with Gasteiger partial charge in [-0.25, -0.2) is 14.5 Å². The molecule has 0 radical (unpaired) electrons. The van der Waals surface area contributed by atoms with Crippen molar-refractivity contribution in [2.75, 3.05) is 62.4 Å². The van der Waals surface area contributed by atoms with Crippen LogP contribution < -0.4 is 9.80 Å². The van der Waals surface area contributed by atoms with E-state index in [-0.39, 0.29) is 5.69 Å². The lowest BCUT2D eigenvalue weighted by Crippen LogP contribution is -2.36. The molecule has 2 aliphatic heterocycles. The number of aryl methyl sites for hydroxylation is 1. The molecule has 0 bridgehead atoms. The molecule has 190 valence electrons. The molecule has 6 rings (SSSR count). The van der Waals surface area contributed by atoms with Gasteiger partial charge in [-0.05, 0) is 54.4 Å². The Balaban J connectivity index is 1.44. The Labute approximate surface area is 214 Å². The third-order valence-electron chi connectivity index (χ3n) is 7.04. The molecule has 2 aromatic heterocycles. The van der Waals surface area contributed by atoms with E-state index in [0.717, 1.165) is 78.7 Å². The second-order valence-electron chi connectivity index (χ2n) is 9.32. The van der Waals surface area contributed by atoms with Gasteiger partial charge in [0.05, 0.1) is 43.2 Å². The SMILES string of the molecule is Cc1nn(-c2cccc(N3CCOCC3)c2)c2nc(C(=O)O)cc(-c3ccc(N4CCOCC4)cc3)c12. The Morgan fingerprint density at radius 2 is 1.46 bits per heavy atom. The highest BCUT2D eigenvalue weighted by atomic mass is 16.5. The molecule has 2 aliphatic rings. The van der Waals surface area contributed by atoms with Crippen molar-refractivity contribution in [1.29, 1.82) is 0 Å². The van der Waals surface area contributed by atoms with Crippen LogP contribution in [0.3, 0.4) is 0 Å². The van der Waals surface area contributed by atoms with Gasteiger partial charge in [-0.1, -0.05) is 18.2 Å². The molecule has 2 fully saturated rings. The monoisotopic (exact) mass is 499 g/mol. The number of anilines is 2. The Kier molecular flexibility index (Phi) is 6.23. The number of fused-ring (bicyclic) bond motifs is 1. The van der Waals surface area contributed by atoms with Crippen LogP contribution in [0, 0.1) is 6.92 Å². The fourth-order valence-electron chi connectivity index (χ4n) is 5.12. The fraction of sp³-hybridized carbons (Fsp3) is 0.321. The third kappa shape index (κ3) is 4.52. The minimum absolute atomic E-state index is 0.00904. The summed E-state index contributed by atoms with van der Waals surface area (Å²) in [5, 5.41) is 15.6. The summed E-state index contributed by atoms with van der Waals surface area (Å²) >= 11 is 0. The number of nitrogens with zero attached hydrogens (tertiary/aromatic N) is 5. The van der Waals surface area contributed by atoms with Crippen LogP contribution in [0.15, 0.2) is 54.6 Å². The molecule has 9 heteroatoms. The molecular weight excluding hydrogens is 470 g/mol. The number of pyridine rings is 1. The Hall–Kier alpha value is -3.95. The average Bonchev–Trinajstić information content (AvgIpc) is 3.30. The van der Waals surface area contributed by atoms with Gasteiger partial charge in [0.25, 0.3) is 0 Å². The average molecular weight is 500 g/mol. The molecule has 0 aliphatic carbocycles. The maximum absolute atomic E-state index is 12.1. The molecule has 0 unspecified atom stereocenters. The summed E-state index contributed by atoms with van der Waals surface area (Å²) in [6.07, 6.45) is 0. The number of carbonyl (C=O) groups is 1. The van der Waals surface area contributed by atoms with Crippen LogP contribution in [0.4, 0.5) is 11.4 Å². The predicted molar refractivity (Wildman–Crippen MR) is 142 cm³/mol. The third-order valence-corrected chi connectivity index (χ3v) is 7.04. The number of morpholine rings is 2. The number of aromatic nitrogens is 3. The van der Waals surface area contributed by atoms with Gasteiger partial charge in [-0.2, -0.15) is 5.10 Å². The van der Waals surface area contributed by atoms with Crippen molar-refractivity contribution in [3.05, 3.63) is 66.0 Å². The van der Waals surface area contributed by atoms with Crippen LogP contribution in [-0.2, 0) is 9.47 Å². The van der Waals surface area contributed by atoms with E-state index in [9.17, 15) is 9.90 Å². The first kappa shape index (κ1) is 23.4. The second kappa shape index (κ2) is 9.84. The van der Waals surface area contributed by atoms with Gasteiger partial charge in [0.2, 0.25) is 0 Å². The zero-order valence-corrected chi connectivity index (χ0v) is 20.8. The minimum Gasteiger partial charge on any atom is -0.477 e. The van der Waals surface area contributed by atoms with Crippen LogP contribution in [0.25, 0.3) is 27.8 Å². The van der Waals surface area contributed by atoms with E-state index in [1.807, 2.05) is 31.2 Å². The lowest BCUT2D eigenvalue weighted by atomic mass is 10.0. The first-order chi connectivity index (χ1) is 18.1. The molecule has 4 heterocycles. The highest BCUT2D eigenvalue weighted by Gasteiger charge is 2.21. The first-order valence-electron chi connectivity index (χ1n) is 12.6. The quantitative estimate of drug-likeness (QED) is 0.444. The van der Waals surface area contributed by atoms with Crippen molar-refractivity contribution in [2.45, 2.75) is 6.92 Å². The van der Waals surface area contributed by atoms with Gasteiger partial charge in [0.15, 0.2) is 11.3 Å². The van der Waals surface area contributed by atoms with Gasteiger partial charge >= 0.3 is 5.97 Å². The number of carboxylic acids is 1. The molecule has 2 aromatic carbocycles. The topological polar surface area (TPSA) is 93.0 Å². The minimum atomic E-state index is -1.07. The van der Waals surface area contributed by atoms with E-state index in [4.69, 9.17) is 14.6 Å². The van der Waals surface area contributed by atoms with Crippen molar-refractivity contribution in [1.82, 2.24) is 14.8 Å². The Bertz CT molecular complexity index is 1440. The summed E-state index contributed by atoms with van der Waals surface area (Å²) in [6, 6.07) is 18.0. The van der Waals surface area contributed by atoms with E-state index in [2.05, 4.69) is 39.0 Å². The Morgan fingerprint density at radius 3 is 2.11 bits per heavy atom. The zero-order valence-electron chi connectivity index (χ0n) is 20.8. The maximum Gasteiger partial charge on any atom is 0.354 e. The molecule has 0 amide bonds. The molecule has 0 atom stereocenters. The molecule has 1 N–H and O–H groups in total. The number of carboxylic acid groups (broad SMARTS) is 1. The highest BCUT2D eigenvalue weighted by Crippen LogP contribution is 2.34. The molecule has 9 nitrogen and oxygen atoms in total. The van der Waals surface area contributed by atoms with Crippen molar-refractivity contribution < 1.29 is 19.4 Å². The van der Waals surface area contributed by atoms with Gasteiger partial charge in [-0.3, -0.25) is 0 Å². The molecule has 0 spiro atoms. The first-order valence-corrected chi connectivity index (χ1v) is 12.6. The summed E-state index contributed by atoms with van der Waals surface area (Å²) < 4.78 is 12.7. The second-order valence-corrected chi connectivity index (χ2v) is 9.32. The number of aromatic carboxylic acids is 1. The molecule has 37 heavy (non-hydrogen) atoms. The smallest absolute Gasteiger partial charge is 0.354 e. The van der Waals surface area contributed by atoms with Crippen LogP contribution in [0.2, 0.25) is 0 Å². The Morgan fingerprint density at radius 1 is 0.838 bits per heavy atom. The normalized spacial score (nSPS) is 16.4. The number of rotatable bonds is 5. The summed E-state index contributed by atoms with van der Waals surface area (Å²) in [5.74, 6) is -1.07. The van der Waals surface area contributed by atoms with E-state index >= 15 is 0 Å². The summed E-state index contributed by atoms with van der Waals surface area (Å²) in [7, 11) is 0. The summed E-state index contributed by atoms with van der Waals surface area (Å²) in [6.45, 7) is 8.16. The molecule has 4 aromatic rings. The van der Waals surface area contributed by atoms with Crippen molar-refractivity contribution in [3.63, 3.8) is 0 Å². The van der Waals surface area contributed by atoms with Gasteiger partial charge in [-0.15, -0.1) is 0 Å². The lowest BCUT2D eigenvalue weighted by Gasteiger charge is -2.29. The van der Waals surface area contributed by atoms with Crippen molar-refractivity contribution in [2.24, 2.45) is 0 Å². The number of hydrogen-bond donors (Lipinski definition) is 1. The molecule has 2 saturated heterocycles. The summed E-state index contributed by atoms with van der Waals surface area (Å²) in [4.78, 5) is 21.2. The van der Waals surface area contributed by atoms with Crippen molar-refractivity contribution >= 4 is 28.4 Å². The number of hydrogen-bond acceptors (Lipinski definition) is 7. The maximum atomic E-state index is 12.1. The molecular formula is C28H29N5O4.